The highest BCUT2D eigenvalue weighted by Crippen LogP contribution is 2.19. The third kappa shape index (κ3) is 2.11. The molecular weight excluding hydrogens is 168 g/mol. The van der Waals surface area contributed by atoms with Crippen LogP contribution in [0.25, 0.3) is 0 Å². The molecule has 0 radical (unpaired) electrons. The highest BCUT2D eigenvalue weighted by Gasteiger charge is 2.12. The van der Waals surface area contributed by atoms with E-state index >= 15 is 0 Å². The summed E-state index contributed by atoms with van der Waals surface area (Å²) in [5.74, 6) is 0.0150. The van der Waals surface area contributed by atoms with Crippen LogP contribution in [0, 0.1) is 0 Å². The van der Waals surface area contributed by atoms with E-state index in [1.807, 2.05) is 43.5 Å². The van der Waals surface area contributed by atoms with Gasteiger partial charge in [-0.05, 0) is 11.8 Å². The number of carbonyl (C=O) groups is 1. The van der Waals surface area contributed by atoms with Gasteiger partial charge < -0.3 is 0 Å². The third-order valence-corrected chi connectivity index (χ3v) is 2.61. The van der Waals surface area contributed by atoms with Crippen LogP contribution in [-0.4, -0.2) is 11.4 Å². The summed E-state index contributed by atoms with van der Waals surface area (Å²) in [5, 5.41) is 0.223. The number of hydrogen-bond donors (Lipinski definition) is 0. The average molecular weight is 180 g/mol. The predicted octanol–water partition coefficient (Wildman–Crippen LogP) is 2.68. The molecule has 0 heterocycles. The molecule has 0 aliphatic carbocycles. The van der Waals surface area contributed by atoms with E-state index < -0.39 is 0 Å². The Kier molecular flexibility index (Phi) is 3.35. The molecule has 0 bridgehead atoms. The number of hydrogen-bond acceptors (Lipinski definition) is 2. The molecule has 1 aromatic carbocycles. The largest absolute Gasteiger partial charge is 0.287 e. The maximum atomic E-state index is 11.3. The Morgan fingerprint density at radius 2 is 1.92 bits per heavy atom. The molecule has 1 atom stereocenters. The first-order valence-corrected chi connectivity index (χ1v) is 5.11. The molecule has 0 saturated heterocycles. The van der Waals surface area contributed by atoms with Crippen molar-refractivity contribution in [2.24, 2.45) is 0 Å². The molecular formula is C10H12OS. The molecule has 64 valence electrons. The first kappa shape index (κ1) is 9.33. The zero-order valence-corrected chi connectivity index (χ0v) is 8.10. The van der Waals surface area contributed by atoms with Crippen LogP contribution in [0.1, 0.15) is 18.4 Å². The fraction of sp³-hybridized carbons (Fsp3) is 0.300. The van der Waals surface area contributed by atoms with E-state index in [1.54, 1.807) is 0 Å². The molecule has 0 N–H and O–H groups in total. The van der Waals surface area contributed by atoms with Gasteiger partial charge in [-0.3, -0.25) is 4.79 Å². The molecule has 0 saturated carbocycles. The number of rotatable bonds is 2. The average Bonchev–Trinajstić information content (AvgIpc) is 2.17. The van der Waals surface area contributed by atoms with Gasteiger partial charge in [0.15, 0.2) is 5.12 Å². The molecule has 1 aromatic rings. The molecule has 0 spiro atoms. The SMILES string of the molecule is CSC(=O)C(C)c1ccccc1. The highest BCUT2D eigenvalue weighted by atomic mass is 32.2. The summed E-state index contributed by atoms with van der Waals surface area (Å²) in [7, 11) is 0. The van der Waals surface area contributed by atoms with Gasteiger partial charge in [-0.2, -0.15) is 0 Å². The zero-order chi connectivity index (χ0) is 8.97. The topological polar surface area (TPSA) is 17.1 Å². The van der Waals surface area contributed by atoms with Crippen LogP contribution < -0.4 is 0 Å². The molecule has 0 aliphatic rings. The first-order valence-electron chi connectivity index (χ1n) is 3.88. The van der Waals surface area contributed by atoms with Crippen molar-refractivity contribution in [3.63, 3.8) is 0 Å². The van der Waals surface area contributed by atoms with E-state index in [-0.39, 0.29) is 11.0 Å². The van der Waals surface area contributed by atoms with Crippen molar-refractivity contribution in [2.45, 2.75) is 12.8 Å². The van der Waals surface area contributed by atoms with Gasteiger partial charge in [0.1, 0.15) is 0 Å². The van der Waals surface area contributed by atoms with Crippen LogP contribution in [0.3, 0.4) is 0 Å². The van der Waals surface area contributed by atoms with Gasteiger partial charge in [0.25, 0.3) is 0 Å². The van der Waals surface area contributed by atoms with Gasteiger partial charge >= 0.3 is 0 Å². The molecule has 12 heavy (non-hydrogen) atoms. The van der Waals surface area contributed by atoms with Crippen LogP contribution in [0.4, 0.5) is 0 Å². The van der Waals surface area contributed by atoms with E-state index in [2.05, 4.69) is 0 Å². The summed E-state index contributed by atoms with van der Waals surface area (Å²) in [6.45, 7) is 1.94. The minimum absolute atomic E-state index is 0.0150. The van der Waals surface area contributed by atoms with Crippen molar-refractivity contribution in [2.75, 3.05) is 6.26 Å². The fourth-order valence-electron chi connectivity index (χ4n) is 1.05. The number of carbonyl (C=O) groups excluding carboxylic acids is 1. The highest BCUT2D eigenvalue weighted by molar-refractivity contribution is 8.13. The smallest absolute Gasteiger partial charge is 0.195 e. The number of thioether (sulfide) groups is 1. The molecule has 1 nitrogen and oxygen atoms in total. The Bertz CT molecular complexity index is 256. The molecule has 0 amide bonds. The molecule has 1 rings (SSSR count). The van der Waals surface area contributed by atoms with Gasteiger partial charge in [-0.15, -0.1) is 0 Å². The molecule has 0 fully saturated rings. The first-order chi connectivity index (χ1) is 5.75. The van der Waals surface area contributed by atoms with E-state index in [0.717, 1.165) is 5.56 Å². The minimum atomic E-state index is 0.0150. The van der Waals surface area contributed by atoms with Gasteiger partial charge in [0.05, 0.1) is 5.92 Å². The van der Waals surface area contributed by atoms with Gasteiger partial charge in [-0.25, -0.2) is 0 Å². The van der Waals surface area contributed by atoms with Crippen molar-refractivity contribution >= 4 is 16.9 Å². The molecule has 2 heteroatoms. The summed E-state index contributed by atoms with van der Waals surface area (Å²) in [6.07, 6.45) is 1.82. The summed E-state index contributed by atoms with van der Waals surface area (Å²) in [4.78, 5) is 11.3. The van der Waals surface area contributed by atoms with E-state index in [9.17, 15) is 4.79 Å². The summed E-state index contributed by atoms with van der Waals surface area (Å²) >= 11 is 1.29. The number of benzene rings is 1. The minimum Gasteiger partial charge on any atom is -0.287 e. The molecule has 1 unspecified atom stereocenters. The second kappa shape index (κ2) is 4.31. The Balaban J connectivity index is 2.78. The van der Waals surface area contributed by atoms with Crippen molar-refractivity contribution in [3.05, 3.63) is 35.9 Å². The van der Waals surface area contributed by atoms with Crippen molar-refractivity contribution in [1.82, 2.24) is 0 Å². The third-order valence-electron chi connectivity index (χ3n) is 1.85. The second-order valence-electron chi connectivity index (χ2n) is 2.66. The normalized spacial score (nSPS) is 12.5. The van der Waals surface area contributed by atoms with Crippen LogP contribution in [0.15, 0.2) is 30.3 Å². The summed E-state index contributed by atoms with van der Waals surface area (Å²) in [6, 6.07) is 9.84. The lowest BCUT2D eigenvalue weighted by molar-refractivity contribution is -0.111. The lowest BCUT2D eigenvalue weighted by atomic mass is 10.0. The summed E-state index contributed by atoms with van der Waals surface area (Å²) in [5.41, 5.74) is 1.09. The second-order valence-corrected chi connectivity index (χ2v) is 3.47. The molecule has 0 aromatic heterocycles. The van der Waals surface area contributed by atoms with E-state index in [4.69, 9.17) is 0 Å². The monoisotopic (exact) mass is 180 g/mol. The van der Waals surface area contributed by atoms with Crippen LogP contribution >= 0.6 is 11.8 Å². The Hall–Kier alpha value is -0.760. The quantitative estimate of drug-likeness (QED) is 0.696. The Morgan fingerprint density at radius 3 is 2.42 bits per heavy atom. The maximum absolute atomic E-state index is 11.3. The van der Waals surface area contributed by atoms with Gasteiger partial charge in [0.2, 0.25) is 0 Å². The zero-order valence-electron chi connectivity index (χ0n) is 7.28. The molecule has 0 aliphatic heterocycles. The fourth-order valence-corrected chi connectivity index (χ4v) is 1.54. The maximum Gasteiger partial charge on any atom is 0.195 e. The van der Waals surface area contributed by atoms with Crippen LogP contribution in [-0.2, 0) is 4.79 Å². The van der Waals surface area contributed by atoms with Crippen molar-refractivity contribution in [3.8, 4) is 0 Å². The van der Waals surface area contributed by atoms with Crippen LogP contribution in [0.2, 0.25) is 0 Å². The van der Waals surface area contributed by atoms with Gasteiger partial charge in [-0.1, -0.05) is 49.0 Å². The lowest BCUT2D eigenvalue weighted by Crippen LogP contribution is -2.03. The predicted molar refractivity (Wildman–Crippen MR) is 53.4 cm³/mol. The Labute approximate surface area is 77.2 Å². The van der Waals surface area contributed by atoms with E-state index in [0.29, 0.717) is 0 Å². The van der Waals surface area contributed by atoms with Gasteiger partial charge in [0, 0.05) is 0 Å². The lowest BCUT2D eigenvalue weighted by Gasteiger charge is -2.07. The van der Waals surface area contributed by atoms with Crippen LogP contribution in [0.5, 0.6) is 0 Å². The summed E-state index contributed by atoms with van der Waals surface area (Å²) < 4.78 is 0. The van der Waals surface area contributed by atoms with E-state index in [1.165, 1.54) is 11.8 Å². The standard InChI is InChI=1S/C10H12OS/c1-8(10(11)12-2)9-6-4-3-5-7-9/h3-8H,1-2H3. The Morgan fingerprint density at radius 1 is 1.33 bits per heavy atom. The van der Waals surface area contributed by atoms with Crippen molar-refractivity contribution in [1.29, 1.82) is 0 Å². The van der Waals surface area contributed by atoms with Crippen molar-refractivity contribution < 1.29 is 4.79 Å².